The second-order valence-corrected chi connectivity index (χ2v) is 2.71. The molecule has 0 saturated carbocycles. The van der Waals surface area contributed by atoms with E-state index in [4.69, 9.17) is 10.5 Å². The highest BCUT2D eigenvalue weighted by Crippen LogP contribution is 2.19. The lowest BCUT2D eigenvalue weighted by atomic mass is 10.4. The minimum absolute atomic E-state index is 0.483. The molecule has 0 spiro atoms. The summed E-state index contributed by atoms with van der Waals surface area (Å²) in [5.41, 5.74) is 6.21. The minimum atomic E-state index is 0.483. The van der Waals surface area contributed by atoms with Crippen molar-refractivity contribution in [1.29, 1.82) is 0 Å². The Morgan fingerprint density at radius 3 is 2.57 bits per heavy atom. The number of pyridine rings is 2. The Balaban J connectivity index is 2.19. The van der Waals surface area contributed by atoms with Crippen LogP contribution in [0, 0.1) is 0 Å². The quantitative estimate of drug-likeness (QED) is 0.779. The molecular weight excluding hydrogens is 178 g/mol. The van der Waals surface area contributed by atoms with Gasteiger partial charge in [-0.1, -0.05) is 0 Å². The fourth-order valence-electron chi connectivity index (χ4n) is 1.01. The average Bonchev–Trinajstić information content (AvgIpc) is 2.19. The van der Waals surface area contributed by atoms with Crippen LogP contribution in [0.15, 0.2) is 42.9 Å². The Bertz CT molecular complexity index is 417. The maximum atomic E-state index is 5.58. The number of nitrogens with two attached hydrogens (primary N) is 1. The van der Waals surface area contributed by atoms with Gasteiger partial charge in [0.15, 0.2) is 0 Å². The Hall–Kier alpha value is -2.10. The van der Waals surface area contributed by atoms with E-state index in [1.54, 1.807) is 42.9 Å². The van der Waals surface area contributed by atoms with Gasteiger partial charge in [0, 0.05) is 30.3 Å². The molecule has 0 aliphatic rings. The first kappa shape index (κ1) is 8.50. The number of hydrogen-bond acceptors (Lipinski definition) is 4. The minimum Gasteiger partial charge on any atom is -0.439 e. The van der Waals surface area contributed by atoms with Crippen molar-refractivity contribution in [1.82, 2.24) is 9.97 Å². The Kier molecular flexibility index (Phi) is 2.27. The van der Waals surface area contributed by atoms with Crippen LogP contribution in [0.4, 0.5) is 5.69 Å². The molecule has 0 saturated heterocycles. The molecule has 0 aliphatic heterocycles. The zero-order valence-electron chi connectivity index (χ0n) is 7.42. The second kappa shape index (κ2) is 3.74. The third-order valence-corrected chi connectivity index (χ3v) is 1.63. The van der Waals surface area contributed by atoms with Crippen LogP contribution >= 0.6 is 0 Å². The highest BCUT2D eigenvalue weighted by molar-refractivity contribution is 5.40. The number of nitrogen functional groups attached to an aromatic ring is 1. The number of hydrogen-bond donors (Lipinski definition) is 1. The van der Waals surface area contributed by atoms with Gasteiger partial charge in [-0.15, -0.1) is 0 Å². The van der Waals surface area contributed by atoms with E-state index in [1.807, 2.05) is 0 Å². The number of rotatable bonds is 2. The van der Waals surface area contributed by atoms with Gasteiger partial charge in [-0.3, -0.25) is 4.98 Å². The molecule has 70 valence electrons. The molecule has 2 N–H and O–H groups in total. The Morgan fingerprint density at radius 2 is 1.86 bits per heavy atom. The SMILES string of the molecule is Nc1ccnc(Oc2ccncc2)c1. The van der Waals surface area contributed by atoms with Crippen LogP contribution in [0.2, 0.25) is 0 Å². The van der Waals surface area contributed by atoms with Crippen molar-refractivity contribution in [3.8, 4) is 11.6 Å². The number of anilines is 1. The van der Waals surface area contributed by atoms with E-state index in [9.17, 15) is 0 Å². The summed E-state index contributed by atoms with van der Waals surface area (Å²) in [4.78, 5) is 7.89. The third kappa shape index (κ3) is 1.98. The molecule has 0 unspecified atom stereocenters. The van der Waals surface area contributed by atoms with Gasteiger partial charge >= 0.3 is 0 Å². The van der Waals surface area contributed by atoms with E-state index in [-0.39, 0.29) is 0 Å². The zero-order chi connectivity index (χ0) is 9.80. The van der Waals surface area contributed by atoms with E-state index in [0.717, 1.165) is 0 Å². The van der Waals surface area contributed by atoms with Gasteiger partial charge < -0.3 is 10.5 Å². The lowest BCUT2D eigenvalue weighted by Crippen LogP contribution is -1.90. The predicted octanol–water partition coefficient (Wildman–Crippen LogP) is 1.85. The summed E-state index contributed by atoms with van der Waals surface area (Å²) in [5, 5.41) is 0. The molecule has 14 heavy (non-hydrogen) atoms. The van der Waals surface area contributed by atoms with Crippen LogP contribution in [0.5, 0.6) is 11.6 Å². The molecule has 4 heteroatoms. The fraction of sp³-hybridized carbons (Fsp3) is 0. The van der Waals surface area contributed by atoms with Gasteiger partial charge in [-0.25, -0.2) is 4.98 Å². The van der Waals surface area contributed by atoms with Crippen LogP contribution in [-0.4, -0.2) is 9.97 Å². The summed E-state index contributed by atoms with van der Waals surface area (Å²) in [6.07, 6.45) is 4.91. The van der Waals surface area contributed by atoms with Crippen LogP contribution in [-0.2, 0) is 0 Å². The van der Waals surface area contributed by atoms with Crippen LogP contribution < -0.4 is 10.5 Å². The number of nitrogens with zero attached hydrogens (tertiary/aromatic N) is 2. The molecule has 2 rings (SSSR count). The van der Waals surface area contributed by atoms with Crippen LogP contribution in [0.25, 0.3) is 0 Å². The van der Waals surface area contributed by atoms with Crippen molar-refractivity contribution < 1.29 is 4.74 Å². The highest BCUT2D eigenvalue weighted by Gasteiger charge is 1.97. The van der Waals surface area contributed by atoms with E-state index in [1.165, 1.54) is 0 Å². The van der Waals surface area contributed by atoms with Gasteiger partial charge in [0.2, 0.25) is 5.88 Å². The molecule has 0 atom stereocenters. The average molecular weight is 187 g/mol. The maximum Gasteiger partial charge on any atom is 0.221 e. The molecule has 2 aromatic heterocycles. The van der Waals surface area contributed by atoms with Gasteiger partial charge in [0.25, 0.3) is 0 Å². The summed E-state index contributed by atoms with van der Waals surface area (Å²) in [5.74, 6) is 1.18. The van der Waals surface area contributed by atoms with Gasteiger partial charge in [-0.2, -0.15) is 0 Å². The predicted molar refractivity (Wildman–Crippen MR) is 53.0 cm³/mol. The Morgan fingerprint density at radius 1 is 1.07 bits per heavy atom. The number of ether oxygens (including phenoxy) is 1. The van der Waals surface area contributed by atoms with E-state index >= 15 is 0 Å². The third-order valence-electron chi connectivity index (χ3n) is 1.63. The fourth-order valence-corrected chi connectivity index (χ4v) is 1.01. The largest absolute Gasteiger partial charge is 0.439 e. The maximum absolute atomic E-state index is 5.58. The first-order chi connectivity index (χ1) is 6.84. The van der Waals surface area contributed by atoms with Crippen molar-refractivity contribution >= 4 is 5.69 Å². The first-order valence-corrected chi connectivity index (χ1v) is 4.14. The van der Waals surface area contributed by atoms with Crippen LogP contribution in [0.1, 0.15) is 0 Å². The molecule has 0 amide bonds. The lowest BCUT2D eigenvalue weighted by molar-refractivity contribution is 0.462. The normalized spacial score (nSPS) is 9.71. The summed E-state index contributed by atoms with van der Waals surface area (Å²) in [7, 11) is 0. The van der Waals surface area contributed by atoms with E-state index in [0.29, 0.717) is 17.3 Å². The smallest absolute Gasteiger partial charge is 0.221 e. The molecule has 0 fully saturated rings. The molecule has 0 aromatic carbocycles. The molecular formula is C10H9N3O. The molecule has 2 aromatic rings. The van der Waals surface area contributed by atoms with Crippen LogP contribution in [0.3, 0.4) is 0 Å². The standard InChI is InChI=1S/C10H9N3O/c11-8-1-6-13-10(7-8)14-9-2-4-12-5-3-9/h1-7H,(H2,11,13). The van der Waals surface area contributed by atoms with Gasteiger partial charge in [0.05, 0.1) is 0 Å². The molecule has 0 radical (unpaired) electrons. The summed E-state index contributed by atoms with van der Waals surface area (Å²) in [6.45, 7) is 0. The molecule has 2 heterocycles. The van der Waals surface area contributed by atoms with Crippen molar-refractivity contribution in [2.45, 2.75) is 0 Å². The van der Waals surface area contributed by atoms with Gasteiger partial charge in [0.1, 0.15) is 5.75 Å². The van der Waals surface area contributed by atoms with E-state index in [2.05, 4.69) is 9.97 Å². The first-order valence-electron chi connectivity index (χ1n) is 4.14. The number of aromatic nitrogens is 2. The summed E-state index contributed by atoms with van der Waals surface area (Å²) in [6, 6.07) is 6.88. The molecule has 4 nitrogen and oxygen atoms in total. The second-order valence-electron chi connectivity index (χ2n) is 2.71. The topological polar surface area (TPSA) is 61.0 Å². The van der Waals surface area contributed by atoms with Crippen molar-refractivity contribution in [2.24, 2.45) is 0 Å². The Labute approximate surface area is 81.4 Å². The lowest BCUT2D eigenvalue weighted by Gasteiger charge is -2.03. The monoisotopic (exact) mass is 187 g/mol. The summed E-state index contributed by atoms with van der Waals surface area (Å²) >= 11 is 0. The summed E-state index contributed by atoms with van der Waals surface area (Å²) < 4.78 is 5.43. The molecule has 0 aliphatic carbocycles. The highest BCUT2D eigenvalue weighted by atomic mass is 16.5. The van der Waals surface area contributed by atoms with Gasteiger partial charge in [-0.05, 0) is 18.2 Å². The van der Waals surface area contributed by atoms with Crippen molar-refractivity contribution in [3.63, 3.8) is 0 Å². The zero-order valence-corrected chi connectivity index (χ0v) is 7.42. The van der Waals surface area contributed by atoms with Crippen molar-refractivity contribution in [2.75, 3.05) is 5.73 Å². The van der Waals surface area contributed by atoms with E-state index < -0.39 is 0 Å². The molecule has 0 bridgehead atoms. The van der Waals surface area contributed by atoms with Crippen molar-refractivity contribution in [3.05, 3.63) is 42.9 Å².